The van der Waals surface area contributed by atoms with Gasteiger partial charge in [-0.25, -0.2) is 8.42 Å². The predicted octanol–water partition coefficient (Wildman–Crippen LogP) is 4.11. The van der Waals surface area contributed by atoms with Gasteiger partial charge in [0.15, 0.2) is 8.68 Å². The van der Waals surface area contributed by atoms with Crippen LogP contribution < -0.4 is 5.32 Å². The number of carbonyl (C=O) groups excluding carboxylic acids is 1. The van der Waals surface area contributed by atoms with Crippen molar-refractivity contribution in [3.05, 3.63) is 23.8 Å². The summed E-state index contributed by atoms with van der Waals surface area (Å²) in [4.78, 5) is 12.8. The molecule has 0 aliphatic rings. The summed E-state index contributed by atoms with van der Waals surface area (Å²) in [5, 5.41) is 10.6. The zero-order valence-electron chi connectivity index (χ0n) is 17.1. The molecule has 0 bridgehead atoms. The number of benzene rings is 1. The lowest BCUT2D eigenvalue weighted by molar-refractivity contribution is -0.115. The molecule has 11 heteroatoms. The summed E-state index contributed by atoms with van der Waals surface area (Å²) < 4.78 is 28.8. The number of rotatable bonds is 10. The molecule has 1 aromatic heterocycles. The van der Waals surface area contributed by atoms with Crippen LogP contribution in [0.3, 0.4) is 0 Å². The Labute approximate surface area is 185 Å². The molecular formula is C18H26N4O3S4. The van der Waals surface area contributed by atoms with E-state index in [1.807, 2.05) is 6.92 Å². The molecule has 7 nitrogen and oxygen atoms in total. The SMILES string of the molecule is CCSc1nnc(SC(C)C(=O)Nc2ccc(C)c(S(=O)(=O)N(CC)CC)c2)s1. The van der Waals surface area contributed by atoms with Gasteiger partial charge in [-0.15, -0.1) is 10.2 Å². The summed E-state index contributed by atoms with van der Waals surface area (Å²) in [5.41, 5.74) is 1.10. The first-order valence-corrected chi connectivity index (χ1v) is 13.4. The molecule has 2 aromatic rings. The van der Waals surface area contributed by atoms with Gasteiger partial charge in [-0.05, 0) is 37.3 Å². The van der Waals surface area contributed by atoms with E-state index < -0.39 is 15.3 Å². The number of sulfonamides is 1. The topological polar surface area (TPSA) is 92.3 Å². The molecule has 1 unspecified atom stereocenters. The van der Waals surface area contributed by atoms with Crippen LogP contribution in [0.5, 0.6) is 0 Å². The van der Waals surface area contributed by atoms with E-state index in [9.17, 15) is 13.2 Å². The first-order valence-electron chi connectivity index (χ1n) is 9.27. The van der Waals surface area contributed by atoms with Crippen LogP contribution in [0.25, 0.3) is 0 Å². The molecule has 0 saturated carbocycles. The Kier molecular flexibility index (Phi) is 8.95. The predicted molar refractivity (Wildman–Crippen MR) is 122 cm³/mol. The van der Waals surface area contributed by atoms with Gasteiger partial charge in [0.25, 0.3) is 0 Å². The lowest BCUT2D eigenvalue weighted by atomic mass is 10.2. The number of nitrogens with zero attached hydrogens (tertiary/aromatic N) is 3. The number of anilines is 1. The Morgan fingerprint density at radius 3 is 2.48 bits per heavy atom. The van der Waals surface area contributed by atoms with Crippen LogP contribution in [0, 0.1) is 6.92 Å². The third-order valence-corrected chi connectivity index (χ3v) is 9.40. The van der Waals surface area contributed by atoms with Crippen molar-refractivity contribution in [3.8, 4) is 0 Å². The molecule has 0 fully saturated rings. The summed E-state index contributed by atoms with van der Waals surface area (Å²) in [6.07, 6.45) is 0. The summed E-state index contributed by atoms with van der Waals surface area (Å²) in [6.45, 7) is 9.98. The molecule has 0 aliphatic carbocycles. The third-order valence-electron chi connectivity index (χ3n) is 4.08. The highest BCUT2D eigenvalue weighted by Crippen LogP contribution is 2.31. The number of thioether (sulfide) groups is 2. The van der Waals surface area contributed by atoms with E-state index in [0.29, 0.717) is 24.3 Å². The number of hydrogen-bond acceptors (Lipinski definition) is 8. The second kappa shape index (κ2) is 10.8. The van der Waals surface area contributed by atoms with Crippen LogP contribution in [-0.4, -0.2) is 52.9 Å². The molecule has 0 saturated heterocycles. The van der Waals surface area contributed by atoms with Crippen LogP contribution in [0.15, 0.2) is 31.8 Å². The maximum atomic E-state index is 12.9. The zero-order chi connectivity index (χ0) is 21.6. The van der Waals surface area contributed by atoms with Gasteiger partial charge >= 0.3 is 0 Å². The van der Waals surface area contributed by atoms with Gasteiger partial charge in [0.1, 0.15) is 0 Å². The molecule has 0 aliphatic heterocycles. The van der Waals surface area contributed by atoms with Gasteiger partial charge in [0.05, 0.1) is 10.1 Å². The Bertz CT molecular complexity index is 942. The van der Waals surface area contributed by atoms with Crippen molar-refractivity contribution in [2.45, 2.75) is 53.4 Å². The smallest absolute Gasteiger partial charge is 0.243 e. The monoisotopic (exact) mass is 474 g/mol. The van der Waals surface area contributed by atoms with Gasteiger partial charge in [-0.2, -0.15) is 4.31 Å². The van der Waals surface area contributed by atoms with Crippen LogP contribution in [-0.2, 0) is 14.8 Å². The standard InChI is InChI=1S/C18H26N4O3S4/c1-6-22(7-2)29(24,25)15-11-14(10-9-12(15)4)19-16(23)13(5)27-18-21-20-17(28-18)26-8-3/h9-11,13H,6-8H2,1-5H3,(H,19,23). The van der Waals surface area contributed by atoms with Gasteiger partial charge in [-0.3, -0.25) is 4.79 Å². The first kappa shape index (κ1) is 24.1. The van der Waals surface area contributed by atoms with Crippen molar-refractivity contribution >= 4 is 56.5 Å². The fraction of sp³-hybridized carbons (Fsp3) is 0.500. The maximum absolute atomic E-state index is 12.9. The largest absolute Gasteiger partial charge is 0.325 e. The normalized spacial score (nSPS) is 12.9. The molecule has 29 heavy (non-hydrogen) atoms. The second-order valence-corrected chi connectivity index (χ2v) is 12.1. The van der Waals surface area contributed by atoms with E-state index in [4.69, 9.17) is 0 Å². The fourth-order valence-electron chi connectivity index (χ4n) is 2.53. The van der Waals surface area contributed by atoms with Gasteiger partial charge in [-0.1, -0.05) is 61.7 Å². The maximum Gasteiger partial charge on any atom is 0.243 e. The van der Waals surface area contributed by atoms with Crippen molar-refractivity contribution in [2.75, 3.05) is 24.2 Å². The van der Waals surface area contributed by atoms with Crippen LogP contribution in [0.1, 0.15) is 33.3 Å². The molecule has 1 amide bonds. The Morgan fingerprint density at radius 1 is 1.21 bits per heavy atom. The Morgan fingerprint density at radius 2 is 1.86 bits per heavy atom. The molecule has 160 valence electrons. The molecule has 1 heterocycles. The quantitative estimate of drug-likeness (QED) is 0.518. The van der Waals surface area contributed by atoms with Crippen molar-refractivity contribution in [2.24, 2.45) is 0 Å². The highest BCUT2D eigenvalue weighted by molar-refractivity contribution is 8.03. The van der Waals surface area contributed by atoms with E-state index in [1.165, 1.54) is 33.5 Å². The molecule has 1 N–H and O–H groups in total. The Balaban J connectivity index is 2.13. The van der Waals surface area contributed by atoms with Crippen molar-refractivity contribution in [1.29, 1.82) is 0 Å². The summed E-state index contributed by atoms with van der Waals surface area (Å²) in [7, 11) is -3.60. The average Bonchev–Trinajstić information content (AvgIpc) is 3.11. The molecule has 2 rings (SSSR count). The molecule has 0 radical (unpaired) electrons. The highest BCUT2D eigenvalue weighted by atomic mass is 32.2. The van der Waals surface area contributed by atoms with Crippen LogP contribution in [0.2, 0.25) is 0 Å². The second-order valence-electron chi connectivity index (χ2n) is 6.09. The third kappa shape index (κ3) is 6.17. The van der Waals surface area contributed by atoms with Gasteiger partial charge in [0.2, 0.25) is 15.9 Å². The minimum absolute atomic E-state index is 0.213. The lowest BCUT2D eigenvalue weighted by Crippen LogP contribution is -2.31. The van der Waals surface area contributed by atoms with E-state index in [-0.39, 0.29) is 10.8 Å². The summed E-state index contributed by atoms with van der Waals surface area (Å²) >= 11 is 4.42. The number of aromatic nitrogens is 2. The van der Waals surface area contributed by atoms with E-state index >= 15 is 0 Å². The minimum atomic E-state index is -3.60. The van der Waals surface area contributed by atoms with Crippen molar-refractivity contribution in [3.63, 3.8) is 0 Å². The van der Waals surface area contributed by atoms with Crippen molar-refractivity contribution < 1.29 is 13.2 Å². The average molecular weight is 475 g/mol. The molecule has 1 atom stereocenters. The number of amides is 1. The number of nitrogens with one attached hydrogen (secondary N) is 1. The van der Waals surface area contributed by atoms with E-state index in [1.54, 1.807) is 51.6 Å². The summed E-state index contributed by atoms with van der Waals surface area (Å²) in [5.74, 6) is 0.700. The van der Waals surface area contributed by atoms with E-state index in [0.717, 1.165) is 14.4 Å². The number of aryl methyl sites for hydroxylation is 1. The van der Waals surface area contributed by atoms with Crippen LogP contribution in [0.4, 0.5) is 5.69 Å². The number of hydrogen-bond donors (Lipinski definition) is 1. The van der Waals surface area contributed by atoms with Crippen LogP contribution >= 0.6 is 34.9 Å². The first-order chi connectivity index (χ1) is 13.7. The van der Waals surface area contributed by atoms with Crippen molar-refractivity contribution in [1.82, 2.24) is 14.5 Å². The summed E-state index contributed by atoms with van der Waals surface area (Å²) in [6, 6.07) is 4.95. The molecular weight excluding hydrogens is 448 g/mol. The Hall–Kier alpha value is -1.14. The fourth-order valence-corrected chi connectivity index (χ4v) is 7.30. The molecule has 0 spiro atoms. The van der Waals surface area contributed by atoms with Gasteiger partial charge < -0.3 is 5.32 Å². The minimum Gasteiger partial charge on any atom is -0.325 e. The molecule has 1 aromatic carbocycles. The highest BCUT2D eigenvalue weighted by Gasteiger charge is 2.24. The van der Waals surface area contributed by atoms with Gasteiger partial charge in [0, 0.05) is 18.8 Å². The van der Waals surface area contributed by atoms with E-state index in [2.05, 4.69) is 15.5 Å². The zero-order valence-corrected chi connectivity index (χ0v) is 20.4. The number of carbonyl (C=O) groups is 1. The lowest BCUT2D eigenvalue weighted by Gasteiger charge is -2.20.